The summed E-state index contributed by atoms with van der Waals surface area (Å²) < 4.78 is 19.0. The Bertz CT molecular complexity index is 968. The number of carbonyl (C=O) groups excluding carboxylic acids is 2. The summed E-state index contributed by atoms with van der Waals surface area (Å²) in [7, 11) is 0. The Labute approximate surface area is 149 Å². The van der Waals surface area contributed by atoms with E-state index in [1.165, 1.54) is 19.1 Å². The van der Waals surface area contributed by atoms with Crippen molar-refractivity contribution in [3.63, 3.8) is 0 Å². The minimum absolute atomic E-state index is 0.0203. The lowest BCUT2D eigenvalue weighted by atomic mass is 10.1. The Hall–Kier alpha value is -3.22. The molecule has 0 aliphatic rings. The molecule has 2 N–H and O–H groups in total. The van der Waals surface area contributed by atoms with Crippen LogP contribution < -0.4 is 10.6 Å². The zero-order chi connectivity index (χ0) is 18.7. The van der Waals surface area contributed by atoms with E-state index >= 15 is 0 Å². The number of amides is 2. The predicted octanol–water partition coefficient (Wildman–Crippen LogP) is 2.96. The molecule has 1 aromatic heterocycles. The Balaban J connectivity index is 1.60. The van der Waals surface area contributed by atoms with E-state index in [9.17, 15) is 14.0 Å². The molecule has 0 saturated heterocycles. The van der Waals surface area contributed by atoms with Crippen molar-refractivity contribution in [1.29, 1.82) is 0 Å². The third-order valence-corrected chi connectivity index (χ3v) is 3.93. The molecule has 0 radical (unpaired) electrons. The maximum atomic E-state index is 13.8. The monoisotopic (exact) mass is 355 g/mol. The molecule has 0 saturated carbocycles. The number of anilines is 1. The van der Waals surface area contributed by atoms with Crippen molar-refractivity contribution in [3.05, 3.63) is 59.5 Å². The first-order valence-electron chi connectivity index (χ1n) is 8.13. The van der Waals surface area contributed by atoms with Crippen LogP contribution in [0, 0.1) is 12.7 Å². The molecule has 0 fully saturated rings. The lowest BCUT2D eigenvalue weighted by Crippen LogP contribution is -2.42. The van der Waals surface area contributed by atoms with E-state index in [1.54, 1.807) is 19.1 Å². The van der Waals surface area contributed by atoms with E-state index in [-0.39, 0.29) is 18.0 Å². The lowest BCUT2D eigenvalue weighted by Gasteiger charge is -2.14. The molecule has 0 aliphatic carbocycles. The summed E-state index contributed by atoms with van der Waals surface area (Å²) in [5.74, 6) is -1.41. The van der Waals surface area contributed by atoms with E-state index < -0.39 is 17.8 Å². The molecule has 0 bridgehead atoms. The first-order chi connectivity index (χ1) is 12.4. The van der Waals surface area contributed by atoms with Gasteiger partial charge in [0.25, 0.3) is 0 Å². The van der Waals surface area contributed by atoms with Crippen molar-refractivity contribution in [1.82, 2.24) is 10.5 Å². The number of rotatable bonds is 5. The number of fused-ring (bicyclic) bond motifs is 1. The molecule has 3 rings (SSSR count). The summed E-state index contributed by atoms with van der Waals surface area (Å²) in [5, 5.41) is 9.69. The molecule has 0 aliphatic heterocycles. The van der Waals surface area contributed by atoms with Gasteiger partial charge < -0.3 is 15.2 Å². The van der Waals surface area contributed by atoms with Gasteiger partial charge in [0.15, 0.2) is 5.58 Å². The van der Waals surface area contributed by atoms with Crippen LogP contribution in [0.1, 0.15) is 18.2 Å². The van der Waals surface area contributed by atoms with Gasteiger partial charge in [0, 0.05) is 5.39 Å². The molecule has 6 nitrogen and oxygen atoms in total. The average molecular weight is 355 g/mol. The number of nitrogens with one attached hydrogen (secondary N) is 2. The van der Waals surface area contributed by atoms with Crippen molar-refractivity contribution >= 4 is 28.5 Å². The molecule has 2 amide bonds. The molecule has 2 aromatic carbocycles. The highest BCUT2D eigenvalue weighted by Crippen LogP contribution is 2.18. The van der Waals surface area contributed by atoms with Crippen LogP contribution in [0.5, 0.6) is 0 Å². The van der Waals surface area contributed by atoms with E-state index in [2.05, 4.69) is 15.8 Å². The fraction of sp³-hybridized carbons (Fsp3) is 0.211. The highest BCUT2D eigenvalue weighted by atomic mass is 19.1. The van der Waals surface area contributed by atoms with Gasteiger partial charge in [-0.15, -0.1) is 0 Å². The van der Waals surface area contributed by atoms with Gasteiger partial charge in [-0.05, 0) is 43.7 Å². The first-order valence-corrected chi connectivity index (χ1v) is 8.13. The molecule has 0 unspecified atom stereocenters. The first kappa shape index (κ1) is 17.6. The standard InChI is InChI=1S/C19H18FN3O3/c1-11-7-8-15(14(20)9-11)22-19(25)12(2)21-18(24)10-16-13-5-3-4-6-17(13)26-23-16/h3-9,12H,10H2,1-2H3,(H,21,24)(H,22,25)/t12-/m0/s1. The molecular weight excluding hydrogens is 337 g/mol. The van der Waals surface area contributed by atoms with E-state index in [4.69, 9.17) is 4.52 Å². The van der Waals surface area contributed by atoms with E-state index in [0.29, 0.717) is 11.3 Å². The second-order valence-corrected chi connectivity index (χ2v) is 6.06. The van der Waals surface area contributed by atoms with Crippen LogP contribution in [-0.2, 0) is 16.0 Å². The third-order valence-electron chi connectivity index (χ3n) is 3.93. The van der Waals surface area contributed by atoms with Crippen molar-refractivity contribution in [3.8, 4) is 0 Å². The second-order valence-electron chi connectivity index (χ2n) is 6.06. The van der Waals surface area contributed by atoms with Gasteiger partial charge in [-0.25, -0.2) is 4.39 Å². The Morgan fingerprint density at radius 3 is 2.77 bits per heavy atom. The molecule has 0 spiro atoms. The van der Waals surface area contributed by atoms with Gasteiger partial charge >= 0.3 is 0 Å². The smallest absolute Gasteiger partial charge is 0.246 e. The molecule has 26 heavy (non-hydrogen) atoms. The Morgan fingerprint density at radius 2 is 2.00 bits per heavy atom. The van der Waals surface area contributed by atoms with Crippen LogP contribution in [0.2, 0.25) is 0 Å². The van der Waals surface area contributed by atoms with Gasteiger partial charge in [-0.2, -0.15) is 0 Å². The van der Waals surface area contributed by atoms with Crippen LogP contribution >= 0.6 is 0 Å². The van der Waals surface area contributed by atoms with Crippen molar-refractivity contribution < 1.29 is 18.5 Å². The van der Waals surface area contributed by atoms with Gasteiger partial charge in [0.1, 0.15) is 17.6 Å². The summed E-state index contributed by atoms with van der Waals surface area (Å²) in [6.07, 6.45) is -0.0203. The van der Waals surface area contributed by atoms with Crippen LogP contribution in [0.3, 0.4) is 0 Å². The zero-order valence-electron chi connectivity index (χ0n) is 14.4. The number of aryl methyl sites for hydroxylation is 1. The third kappa shape index (κ3) is 3.88. The number of aromatic nitrogens is 1. The van der Waals surface area contributed by atoms with Gasteiger partial charge in [-0.3, -0.25) is 9.59 Å². The highest BCUT2D eigenvalue weighted by molar-refractivity contribution is 5.97. The maximum Gasteiger partial charge on any atom is 0.246 e. The van der Waals surface area contributed by atoms with Gasteiger partial charge in [-0.1, -0.05) is 23.4 Å². The minimum atomic E-state index is -0.832. The van der Waals surface area contributed by atoms with Crippen LogP contribution in [-0.4, -0.2) is 23.0 Å². The molecule has 3 aromatic rings. The fourth-order valence-electron chi connectivity index (χ4n) is 2.54. The van der Waals surface area contributed by atoms with Crippen molar-refractivity contribution in [2.75, 3.05) is 5.32 Å². The van der Waals surface area contributed by atoms with E-state index in [0.717, 1.165) is 10.9 Å². The molecular formula is C19H18FN3O3. The molecule has 1 atom stereocenters. The summed E-state index contributed by atoms with van der Waals surface area (Å²) in [6.45, 7) is 3.28. The molecule has 1 heterocycles. The average Bonchev–Trinajstić information content (AvgIpc) is 3.00. The van der Waals surface area contributed by atoms with Crippen molar-refractivity contribution in [2.45, 2.75) is 26.3 Å². The SMILES string of the molecule is Cc1ccc(NC(=O)[C@H](C)NC(=O)Cc2noc3ccccc23)c(F)c1. The zero-order valence-corrected chi connectivity index (χ0v) is 14.4. The van der Waals surface area contributed by atoms with Crippen LogP contribution in [0.4, 0.5) is 10.1 Å². The number of benzene rings is 2. The number of nitrogens with zero attached hydrogens (tertiary/aromatic N) is 1. The highest BCUT2D eigenvalue weighted by Gasteiger charge is 2.19. The van der Waals surface area contributed by atoms with Crippen LogP contribution in [0.25, 0.3) is 11.0 Å². The number of carbonyl (C=O) groups is 2. The van der Waals surface area contributed by atoms with Crippen LogP contribution in [0.15, 0.2) is 47.0 Å². The summed E-state index contributed by atoms with van der Waals surface area (Å²) in [6, 6.07) is 10.9. The Morgan fingerprint density at radius 1 is 1.23 bits per heavy atom. The predicted molar refractivity (Wildman–Crippen MR) is 95.1 cm³/mol. The minimum Gasteiger partial charge on any atom is -0.356 e. The Kier molecular flexibility index (Phi) is 4.97. The van der Waals surface area contributed by atoms with E-state index in [1.807, 2.05) is 18.2 Å². The number of para-hydroxylation sites is 1. The largest absolute Gasteiger partial charge is 0.356 e. The second kappa shape index (κ2) is 7.35. The quantitative estimate of drug-likeness (QED) is 0.737. The normalized spacial score (nSPS) is 12.0. The number of halogens is 1. The summed E-state index contributed by atoms with van der Waals surface area (Å²) >= 11 is 0. The number of hydrogen-bond acceptors (Lipinski definition) is 4. The topological polar surface area (TPSA) is 84.2 Å². The lowest BCUT2D eigenvalue weighted by molar-refractivity contribution is -0.125. The molecule has 7 heteroatoms. The fourth-order valence-corrected chi connectivity index (χ4v) is 2.54. The maximum absolute atomic E-state index is 13.8. The van der Waals surface area contributed by atoms with Crippen molar-refractivity contribution in [2.24, 2.45) is 0 Å². The van der Waals surface area contributed by atoms with Gasteiger partial charge in [0.05, 0.1) is 12.1 Å². The number of hydrogen-bond donors (Lipinski definition) is 2. The molecule has 134 valence electrons. The summed E-state index contributed by atoms with van der Waals surface area (Å²) in [4.78, 5) is 24.4. The van der Waals surface area contributed by atoms with Gasteiger partial charge in [0.2, 0.25) is 11.8 Å². The summed E-state index contributed by atoms with van der Waals surface area (Å²) in [5.41, 5.74) is 1.91.